The Bertz CT molecular complexity index is 619. The van der Waals surface area contributed by atoms with Crippen molar-refractivity contribution in [3.8, 4) is 17.2 Å². The number of amides is 1. The molecule has 0 heterocycles. The van der Waals surface area contributed by atoms with Crippen LogP contribution in [0.5, 0.6) is 17.2 Å². The van der Waals surface area contributed by atoms with E-state index in [2.05, 4.69) is 22.2 Å². The summed E-state index contributed by atoms with van der Waals surface area (Å²) in [5.74, 6) is 2.11. The summed E-state index contributed by atoms with van der Waals surface area (Å²) in [4.78, 5) is 17.8. The van der Waals surface area contributed by atoms with Gasteiger partial charge in [-0.05, 0) is 17.7 Å². The molecule has 0 atom stereocenters. The smallest absolute Gasteiger partial charge is 0.241 e. The number of methoxy groups -OCH3 is 3. The molecule has 8 nitrogen and oxygen atoms in total. The molecule has 0 aliphatic rings. The first-order chi connectivity index (χ1) is 12.5. The average Bonchev–Trinajstić information content (AvgIpc) is 2.65. The van der Waals surface area contributed by atoms with Gasteiger partial charge in [-0.25, -0.2) is 4.99 Å². The molecule has 0 aliphatic heterocycles. The standard InChI is InChI=1S/C18H28N4O4/c1-7-8-19-18(21-12-16(23)22(2)3)20-11-13-9-14(24-4)17(26-6)15(10-13)25-5/h7,9-10H,1,8,11-12H2,2-6H3,(H2,19,20,21). The van der Waals surface area contributed by atoms with E-state index in [-0.39, 0.29) is 12.5 Å². The molecule has 26 heavy (non-hydrogen) atoms. The first-order valence-electron chi connectivity index (χ1n) is 8.08. The third-order valence-electron chi connectivity index (χ3n) is 3.46. The van der Waals surface area contributed by atoms with E-state index in [9.17, 15) is 4.79 Å². The lowest BCUT2D eigenvalue weighted by atomic mass is 10.2. The molecule has 144 valence electrons. The first kappa shape index (κ1) is 21.1. The van der Waals surface area contributed by atoms with Crippen LogP contribution < -0.4 is 24.8 Å². The van der Waals surface area contributed by atoms with Crippen molar-refractivity contribution in [2.45, 2.75) is 6.54 Å². The molecular formula is C18H28N4O4. The lowest BCUT2D eigenvalue weighted by Gasteiger charge is -2.15. The van der Waals surface area contributed by atoms with Gasteiger partial charge in [-0.1, -0.05) is 6.08 Å². The Labute approximate surface area is 154 Å². The van der Waals surface area contributed by atoms with Crippen LogP contribution >= 0.6 is 0 Å². The van der Waals surface area contributed by atoms with E-state index in [0.717, 1.165) is 5.56 Å². The largest absolute Gasteiger partial charge is 0.493 e. The van der Waals surface area contributed by atoms with Crippen LogP contribution in [0.15, 0.2) is 29.8 Å². The van der Waals surface area contributed by atoms with Crippen LogP contribution in [0, 0.1) is 0 Å². The maximum Gasteiger partial charge on any atom is 0.241 e. The Hall–Kier alpha value is -2.90. The van der Waals surface area contributed by atoms with Gasteiger partial charge in [-0.3, -0.25) is 4.79 Å². The Kier molecular flexibility index (Phi) is 8.83. The number of hydrogen-bond acceptors (Lipinski definition) is 5. The highest BCUT2D eigenvalue weighted by atomic mass is 16.5. The van der Waals surface area contributed by atoms with Crippen LogP contribution in [0.4, 0.5) is 0 Å². The zero-order valence-electron chi connectivity index (χ0n) is 16.1. The minimum Gasteiger partial charge on any atom is -0.493 e. The molecule has 2 N–H and O–H groups in total. The van der Waals surface area contributed by atoms with Crippen molar-refractivity contribution < 1.29 is 19.0 Å². The number of nitrogens with one attached hydrogen (secondary N) is 2. The summed E-state index contributed by atoms with van der Waals surface area (Å²) in [5.41, 5.74) is 0.873. The normalized spacial score (nSPS) is 10.7. The number of carbonyl (C=O) groups is 1. The van der Waals surface area contributed by atoms with Crippen molar-refractivity contribution in [2.75, 3.05) is 48.5 Å². The van der Waals surface area contributed by atoms with Crippen molar-refractivity contribution in [1.82, 2.24) is 15.5 Å². The molecule has 1 amide bonds. The highest BCUT2D eigenvalue weighted by Crippen LogP contribution is 2.38. The van der Waals surface area contributed by atoms with Gasteiger partial charge < -0.3 is 29.7 Å². The van der Waals surface area contributed by atoms with Crippen LogP contribution in [-0.4, -0.2) is 65.3 Å². The molecular weight excluding hydrogens is 336 g/mol. The number of guanidine groups is 1. The minimum absolute atomic E-state index is 0.0501. The Morgan fingerprint density at radius 3 is 2.23 bits per heavy atom. The summed E-state index contributed by atoms with van der Waals surface area (Å²) in [6.45, 7) is 4.70. The van der Waals surface area contributed by atoms with Gasteiger partial charge in [-0.2, -0.15) is 0 Å². The lowest BCUT2D eigenvalue weighted by molar-refractivity contribution is -0.127. The second-order valence-corrected chi connectivity index (χ2v) is 5.51. The highest BCUT2D eigenvalue weighted by molar-refractivity contribution is 5.86. The maximum atomic E-state index is 11.7. The van der Waals surface area contributed by atoms with Gasteiger partial charge in [-0.15, -0.1) is 6.58 Å². The molecule has 1 rings (SSSR count). The molecule has 0 fully saturated rings. The summed E-state index contributed by atoms with van der Waals surface area (Å²) >= 11 is 0. The topological polar surface area (TPSA) is 84.4 Å². The maximum absolute atomic E-state index is 11.7. The van der Waals surface area contributed by atoms with Gasteiger partial charge >= 0.3 is 0 Å². The van der Waals surface area contributed by atoms with Crippen molar-refractivity contribution in [2.24, 2.45) is 4.99 Å². The van der Waals surface area contributed by atoms with Gasteiger partial charge in [0, 0.05) is 20.6 Å². The Morgan fingerprint density at radius 1 is 1.15 bits per heavy atom. The molecule has 1 aromatic rings. The molecule has 0 spiro atoms. The fourth-order valence-electron chi connectivity index (χ4n) is 2.06. The van der Waals surface area contributed by atoms with Crippen LogP contribution in [0.3, 0.4) is 0 Å². The predicted octanol–water partition coefficient (Wildman–Crippen LogP) is 1.02. The van der Waals surface area contributed by atoms with Gasteiger partial charge in [0.25, 0.3) is 0 Å². The van der Waals surface area contributed by atoms with Crippen molar-refractivity contribution in [1.29, 1.82) is 0 Å². The predicted molar refractivity (Wildman–Crippen MR) is 102 cm³/mol. The van der Waals surface area contributed by atoms with E-state index < -0.39 is 0 Å². The number of nitrogens with zero attached hydrogens (tertiary/aromatic N) is 2. The second-order valence-electron chi connectivity index (χ2n) is 5.51. The summed E-state index contributed by atoms with van der Waals surface area (Å²) < 4.78 is 16.0. The molecule has 8 heteroatoms. The molecule has 0 saturated carbocycles. The zero-order chi connectivity index (χ0) is 19.5. The number of carbonyl (C=O) groups excluding carboxylic acids is 1. The van der Waals surface area contributed by atoms with Crippen molar-refractivity contribution in [3.63, 3.8) is 0 Å². The fourth-order valence-corrected chi connectivity index (χ4v) is 2.06. The molecule has 0 aliphatic carbocycles. The summed E-state index contributed by atoms with van der Waals surface area (Å²) in [6.07, 6.45) is 1.71. The van der Waals surface area contributed by atoms with Crippen molar-refractivity contribution >= 4 is 11.9 Å². The van der Waals surface area contributed by atoms with E-state index in [4.69, 9.17) is 14.2 Å². The summed E-state index contributed by atoms with van der Waals surface area (Å²) in [5, 5.41) is 6.07. The Morgan fingerprint density at radius 2 is 1.77 bits per heavy atom. The number of ether oxygens (including phenoxy) is 3. The van der Waals surface area contributed by atoms with Crippen LogP contribution in [0.1, 0.15) is 5.56 Å². The molecule has 0 bridgehead atoms. The lowest BCUT2D eigenvalue weighted by Crippen LogP contribution is -2.43. The Balaban J connectivity index is 2.96. The number of likely N-dealkylation sites (N-methyl/N-ethyl adjacent to an activating group) is 1. The summed E-state index contributed by atoms with van der Waals surface area (Å²) in [6, 6.07) is 3.67. The number of rotatable bonds is 9. The van der Waals surface area contributed by atoms with Crippen LogP contribution in [-0.2, 0) is 11.3 Å². The zero-order valence-corrected chi connectivity index (χ0v) is 16.1. The second kappa shape index (κ2) is 10.9. The highest BCUT2D eigenvalue weighted by Gasteiger charge is 2.13. The minimum atomic E-state index is -0.0501. The fraction of sp³-hybridized carbons (Fsp3) is 0.444. The quantitative estimate of drug-likeness (QED) is 0.387. The third-order valence-corrected chi connectivity index (χ3v) is 3.46. The number of benzene rings is 1. The number of hydrogen-bond donors (Lipinski definition) is 2. The van der Waals surface area contributed by atoms with Crippen LogP contribution in [0.25, 0.3) is 0 Å². The van der Waals surface area contributed by atoms with E-state index in [1.807, 2.05) is 12.1 Å². The number of aliphatic imine (C=N–C) groups is 1. The van der Waals surface area contributed by atoms with Crippen LogP contribution in [0.2, 0.25) is 0 Å². The SMILES string of the molecule is C=CCNC(=NCc1cc(OC)c(OC)c(OC)c1)NCC(=O)N(C)C. The van der Waals surface area contributed by atoms with Gasteiger partial charge in [0.2, 0.25) is 11.7 Å². The van der Waals surface area contributed by atoms with Gasteiger partial charge in [0.15, 0.2) is 17.5 Å². The molecule has 1 aromatic carbocycles. The molecule has 0 aromatic heterocycles. The molecule has 0 unspecified atom stereocenters. The van der Waals surface area contributed by atoms with Gasteiger partial charge in [0.05, 0.1) is 34.4 Å². The van der Waals surface area contributed by atoms with Gasteiger partial charge in [0.1, 0.15) is 0 Å². The van der Waals surface area contributed by atoms with Crippen molar-refractivity contribution in [3.05, 3.63) is 30.4 Å². The average molecular weight is 364 g/mol. The van der Waals surface area contributed by atoms with E-state index in [0.29, 0.717) is 36.3 Å². The molecule has 0 radical (unpaired) electrons. The third kappa shape index (κ3) is 6.19. The van der Waals surface area contributed by atoms with E-state index >= 15 is 0 Å². The van der Waals surface area contributed by atoms with E-state index in [1.165, 1.54) is 4.90 Å². The summed E-state index contributed by atoms with van der Waals surface area (Å²) in [7, 11) is 8.09. The molecule has 0 saturated heterocycles. The van der Waals surface area contributed by atoms with E-state index in [1.54, 1.807) is 41.5 Å². The monoisotopic (exact) mass is 364 g/mol. The first-order valence-corrected chi connectivity index (χ1v) is 8.08.